The largest absolute Gasteiger partial charge is 0.486 e. The predicted octanol–water partition coefficient (Wildman–Crippen LogP) is 1.96. The molecule has 2 aliphatic heterocycles. The maximum Gasteiger partial charge on any atom is 0.243 e. The fourth-order valence-electron chi connectivity index (χ4n) is 3.73. The van der Waals surface area contributed by atoms with Crippen LogP contribution in [-0.2, 0) is 14.8 Å². The van der Waals surface area contributed by atoms with Gasteiger partial charge in [0.05, 0.1) is 21.7 Å². The fourth-order valence-corrected chi connectivity index (χ4v) is 5.96. The van der Waals surface area contributed by atoms with Gasteiger partial charge in [0.25, 0.3) is 0 Å². The average molecular weight is 475 g/mol. The number of imidazole rings is 1. The standard InChI is InChI=1S/C21H22N4O5S2/c26-20(14-31-21-22-16-3-1-2-4-17(16)23-21)24-7-9-25(10-8-24)32(27,28)15-5-6-18-19(13-15)30-12-11-29-18/h1-6,13H,7-12,14H2,(H,22,23). The highest BCUT2D eigenvalue weighted by atomic mass is 32.2. The van der Waals surface area contributed by atoms with E-state index in [-0.39, 0.29) is 29.6 Å². The zero-order chi connectivity index (χ0) is 22.1. The molecule has 2 aromatic carbocycles. The van der Waals surface area contributed by atoms with Gasteiger partial charge in [-0.2, -0.15) is 4.31 Å². The lowest BCUT2D eigenvalue weighted by molar-refractivity contribution is -0.129. The molecule has 3 heterocycles. The summed E-state index contributed by atoms with van der Waals surface area (Å²) in [5.41, 5.74) is 1.79. The first-order valence-electron chi connectivity index (χ1n) is 10.3. The molecule has 1 aromatic heterocycles. The minimum Gasteiger partial charge on any atom is -0.486 e. The zero-order valence-electron chi connectivity index (χ0n) is 17.2. The topological polar surface area (TPSA) is 105 Å². The van der Waals surface area contributed by atoms with Crippen molar-refractivity contribution in [2.24, 2.45) is 0 Å². The number of thioether (sulfide) groups is 1. The molecule has 0 spiro atoms. The van der Waals surface area contributed by atoms with E-state index >= 15 is 0 Å². The van der Waals surface area contributed by atoms with Crippen molar-refractivity contribution < 1.29 is 22.7 Å². The van der Waals surface area contributed by atoms with Crippen LogP contribution >= 0.6 is 11.8 Å². The lowest BCUT2D eigenvalue weighted by Crippen LogP contribution is -2.50. The van der Waals surface area contributed by atoms with E-state index in [0.717, 1.165) is 11.0 Å². The number of nitrogens with one attached hydrogen (secondary N) is 1. The first kappa shape index (κ1) is 21.1. The van der Waals surface area contributed by atoms with Crippen LogP contribution in [0.5, 0.6) is 11.5 Å². The van der Waals surface area contributed by atoms with Gasteiger partial charge in [-0.25, -0.2) is 13.4 Å². The van der Waals surface area contributed by atoms with Gasteiger partial charge in [-0.05, 0) is 24.3 Å². The van der Waals surface area contributed by atoms with Crippen LogP contribution in [0.2, 0.25) is 0 Å². The number of para-hydroxylation sites is 2. The third-order valence-corrected chi connectivity index (χ3v) is 8.20. The van der Waals surface area contributed by atoms with Gasteiger partial charge < -0.3 is 19.4 Å². The van der Waals surface area contributed by atoms with Crippen LogP contribution in [0, 0.1) is 0 Å². The van der Waals surface area contributed by atoms with E-state index in [9.17, 15) is 13.2 Å². The van der Waals surface area contributed by atoms with E-state index in [1.807, 2.05) is 24.3 Å². The SMILES string of the molecule is O=C(CSc1nc2ccccc2[nH]1)N1CCN(S(=O)(=O)c2ccc3c(c2)OCCO3)CC1. The van der Waals surface area contributed by atoms with Crippen LogP contribution < -0.4 is 9.47 Å². The van der Waals surface area contributed by atoms with Gasteiger partial charge in [0.15, 0.2) is 16.7 Å². The normalized spacial score (nSPS) is 16.9. The highest BCUT2D eigenvalue weighted by Gasteiger charge is 2.31. The molecule has 0 radical (unpaired) electrons. The fraction of sp³-hybridized carbons (Fsp3) is 0.333. The van der Waals surface area contributed by atoms with Crippen LogP contribution in [0.4, 0.5) is 0 Å². The van der Waals surface area contributed by atoms with Crippen LogP contribution in [0.3, 0.4) is 0 Å². The molecule has 1 saturated heterocycles. The summed E-state index contributed by atoms with van der Waals surface area (Å²) in [7, 11) is -3.68. The number of hydrogen-bond acceptors (Lipinski definition) is 7. The molecule has 3 aromatic rings. The zero-order valence-corrected chi connectivity index (χ0v) is 18.8. The lowest BCUT2D eigenvalue weighted by Gasteiger charge is -2.34. The molecule has 2 aliphatic rings. The van der Waals surface area contributed by atoms with Gasteiger partial charge >= 0.3 is 0 Å². The number of benzene rings is 2. The third-order valence-electron chi connectivity index (χ3n) is 5.44. The van der Waals surface area contributed by atoms with Crippen LogP contribution in [-0.4, -0.2) is 78.6 Å². The van der Waals surface area contributed by atoms with Crippen molar-refractivity contribution in [1.82, 2.24) is 19.2 Å². The van der Waals surface area contributed by atoms with Crippen molar-refractivity contribution in [2.75, 3.05) is 45.1 Å². The molecule has 0 saturated carbocycles. The molecule has 1 amide bonds. The van der Waals surface area contributed by atoms with Crippen molar-refractivity contribution in [2.45, 2.75) is 10.1 Å². The summed E-state index contributed by atoms with van der Waals surface area (Å²) in [6.45, 7) is 2.04. The number of carbonyl (C=O) groups excluding carboxylic acids is 1. The number of nitrogens with zero attached hydrogens (tertiary/aromatic N) is 3. The number of H-pyrrole nitrogens is 1. The molecule has 9 nitrogen and oxygen atoms in total. The molecule has 168 valence electrons. The minimum atomic E-state index is -3.68. The molecule has 1 N–H and O–H groups in total. The number of hydrogen-bond donors (Lipinski definition) is 1. The van der Waals surface area contributed by atoms with Crippen LogP contribution in [0.1, 0.15) is 0 Å². The number of sulfonamides is 1. The molecule has 0 aliphatic carbocycles. The monoisotopic (exact) mass is 474 g/mol. The van der Waals surface area contributed by atoms with E-state index < -0.39 is 10.0 Å². The summed E-state index contributed by atoms with van der Waals surface area (Å²) in [5.74, 6) is 1.20. The quantitative estimate of drug-likeness (QED) is 0.564. The Bertz CT molecular complexity index is 1220. The van der Waals surface area contributed by atoms with Gasteiger partial charge in [-0.1, -0.05) is 23.9 Å². The molecule has 0 unspecified atom stereocenters. The number of carbonyl (C=O) groups is 1. The number of ether oxygens (including phenoxy) is 2. The number of aromatic nitrogens is 2. The average Bonchev–Trinajstić information content (AvgIpc) is 3.25. The molecule has 0 bridgehead atoms. The second-order valence-electron chi connectivity index (χ2n) is 7.44. The summed E-state index contributed by atoms with van der Waals surface area (Å²) in [6, 6.07) is 12.4. The molecule has 32 heavy (non-hydrogen) atoms. The van der Waals surface area contributed by atoms with Gasteiger partial charge in [0.2, 0.25) is 15.9 Å². The van der Waals surface area contributed by atoms with Crippen molar-refractivity contribution in [3.63, 3.8) is 0 Å². The van der Waals surface area contributed by atoms with Crippen molar-refractivity contribution >= 4 is 38.7 Å². The summed E-state index contributed by atoms with van der Waals surface area (Å²) >= 11 is 1.35. The van der Waals surface area contributed by atoms with Crippen molar-refractivity contribution in [1.29, 1.82) is 0 Å². The van der Waals surface area contributed by atoms with E-state index in [1.165, 1.54) is 28.2 Å². The molecule has 11 heteroatoms. The second kappa shape index (κ2) is 8.64. The molecule has 0 atom stereocenters. The Morgan fingerprint density at radius 1 is 1.03 bits per heavy atom. The Labute approximate surface area is 189 Å². The lowest BCUT2D eigenvalue weighted by atomic mass is 10.3. The van der Waals surface area contributed by atoms with E-state index in [0.29, 0.717) is 43.0 Å². The summed E-state index contributed by atoms with van der Waals surface area (Å²) in [4.78, 5) is 22.2. The highest BCUT2D eigenvalue weighted by molar-refractivity contribution is 7.99. The highest BCUT2D eigenvalue weighted by Crippen LogP contribution is 2.33. The third kappa shape index (κ3) is 4.15. The van der Waals surface area contributed by atoms with Gasteiger partial charge in [0.1, 0.15) is 13.2 Å². The molecule has 5 rings (SSSR count). The first-order valence-corrected chi connectivity index (χ1v) is 12.7. The second-order valence-corrected chi connectivity index (χ2v) is 10.3. The van der Waals surface area contributed by atoms with Gasteiger partial charge in [0, 0.05) is 32.2 Å². The number of rotatable bonds is 5. The van der Waals surface area contributed by atoms with Crippen LogP contribution in [0.15, 0.2) is 52.5 Å². The number of fused-ring (bicyclic) bond motifs is 2. The Morgan fingerprint density at radius 3 is 2.56 bits per heavy atom. The molecular weight excluding hydrogens is 452 g/mol. The first-order chi connectivity index (χ1) is 15.5. The Balaban J connectivity index is 1.18. The summed E-state index contributed by atoms with van der Waals surface area (Å²) in [5, 5.41) is 0.694. The Kier molecular flexibility index (Phi) is 5.70. The van der Waals surface area contributed by atoms with Crippen LogP contribution in [0.25, 0.3) is 11.0 Å². The van der Waals surface area contributed by atoms with E-state index in [2.05, 4.69) is 9.97 Å². The van der Waals surface area contributed by atoms with E-state index in [1.54, 1.807) is 11.0 Å². The van der Waals surface area contributed by atoms with Crippen molar-refractivity contribution in [3.8, 4) is 11.5 Å². The predicted molar refractivity (Wildman–Crippen MR) is 120 cm³/mol. The Morgan fingerprint density at radius 2 is 1.78 bits per heavy atom. The summed E-state index contributed by atoms with van der Waals surface area (Å²) < 4.78 is 38.5. The van der Waals surface area contributed by atoms with Gasteiger partial charge in [-0.3, -0.25) is 4.79 Å². The van der Waals surface area contributed by atoms with Crippen molar-refractivity contribution in [3.05, 3.63) is 42.5 Å². The molecule has 1 fully saturated rings. The maximum atomic E-state index is 13.1. The maximum absolute atomic E-state index is 13.1. The minimum absolute atomic E-state index is 0.0353. The number of piperazine rings is 1. The number of aromatic amines is 1. The number of amides is 1. The smallest absolute Gasteiger partial charge is 0.243 e. The molecular formula is C21H22N4O5S2. The van der Waals surface area contributed by atoms with Gasteiger partial charge in [-0.15, -0.1) is 0 Å². The summed E-state index contributed by atoms with van der Waals surface area (Å²) in [6.07, 6.45) is 0. The Hall–Kier alpha value is -2.76. The van der Waals surface area contributed by atoms with E-state index in [4.69, 9.17) is 9.47 Å².